The summed E-state index contributed by atoms with van der Waals surface area (Å²) in [6, 6.07) is 0. The number of ether oxygens (including phenoxy) is 2. The van der Waals surface area contributed by atoms with Gasteiger partial charge in [-0.05, 0) is 6.92 Å². The summed E-state index contributed by atoms with van der Waals surface area (Å²) in [5, 5.41) is 14.3. The highest BCUT2D eigenvalue weighted by Gasteiger charge is 2.51. The van der Waals surface area contributed by atoms with Crippen molar-refractivity contribution in [1.82, 2.24) is 9.78 Å². The Hall–Kier alpha value is -0.910. The third-order valence-corrected chi connectivity index (χ3v) is 3.18. The molecular formula is C10H14N2O3. The van der Waals surface area contributed by atoms with Gasteiger partial charge >= 0.3 is 0 Å². The van der Waals surface area contributed by atoms with Crippen LogP contribution in [-0.4, -0.2) is 28.1 Å². The van der Waals surface area contributed by atoms with Gasteiger partial charge in [-0.3, -0.25) is 4.68 Å². The normalized spacial score (nSPS) is 27.5. The molecule has 2 heterocycles. The van der Waals surface area contributed by atoms with Crippen LogP contribution in [0.25, 0.3) is 0 Å². The maximum Gasteiger partial charge on any atom is 0.201 e. The van der Waals surface area contributed by atoms with E-state index in [1.807, 2.05) is 14.0 Å². The second kappa shape index (κ2) is 2.81. The fraction of sp³-hybridized carbons (Fsp3) is 0.700. The monoisotopic (exact) mass is 210 g/mol. The number of aliphatic hydroxyl groups is 1. The van der Waals surface area contributed by atoms with Gasteiger partial charge in [-0.2, -0.15) is 5.10 Å². The molecule has 1 fully saturated rings. The van der Waals surface area contributed by atoms with Crippen LogP contribution < -0.4 is 0 Å². The lowest BCUT2D eigenvalue weighted by Crippen LogP contribution is -2.24. The molecule has 1 aromatic heterocycles. The predicted octanol–water partition coefficient (Wildman–Crippen LogP) is 0.365. The summed E-state index contributed by atoms with van der Waals surface area (Å²) in [5.74, 6) is -0.729. The number of hydrogen-bond donors (Lipinski definition) is 1. The van der Waals surface area contributed by atoms with Crippen LogP contribution in [-0.2, 0) is 22.3 Å². The summed E-state index contributed by atoms with van der Waals surface area (Å²) in [7, 11) is 1.84. The Labute approximate surface area is 87.6 Å². The molecular weight excluding hydrogens is 196 g/mol. The van der Waals surface area contributed by atoms with Crippen molar-refractivity contribution in [2.75, 3.05) is 13.2 Å². The second-order valence-corrected chi connectivity index (χ2v) is 4.14. The summed E-state index contributed by atoms with van der Waals surface area (Å²) in [6.45, 7) is 3.09. The number of fused-ring (bicyclic) bond motifs is 2. The molecule has 0 bridgehead atoms. The van der Waals surface area contributed by atoms with E-state index in [9.17, 15) is 5.11 Å². The zero-order chi connectivity index (χ0) is 10.6. The van der Waals surface area contributed by atoms with Crippen molar-refractivity contribution in [1.29, 1.82) is 0 Å². The van der Waals surface area contributed by atoms with E-state index in [2.05, 4.69) is 5.10 Å². The van der Waals surface area contributed by atoms with E-state index >= 15 is 0 Å². The summed E-state index contributed by atoms with van der Waals surface area (Å²) in [6.07, 6.45) is -0.0567. The molecule has 2 aliphatic rings. The lowest BCUT2D eigenvalue weighted by molar-refractivity contribution is -0.174. The van der Waals surface area contributed by atoms with Crippen LogP contribution in [0.15, 0.2) is 0 Å². The average molecular weight is 210 g/mol. The summed E-state index contributed by atoms with van der Waals surface area (Å²) in [4.78, 5) is 0. The van der Waals surface area contributed by atoms with Crippen molar-refractivity contribution in [3.63, 3.8) is 0 Å². The Bertz CT molecular complexity index is 407. The van der Waals surface area contributed by atoms with Gasteiger partial charge in [0.05, 0.1) is 30.2 Å². The standard InChI is InChI=1S/C10H14N2O3/c1-6-8-9(12(2)11-6)7(13)5-10(8)14-3-4-15-10/h7,13H,3-5H2,1-2H3. The highest BCUT2D eigenvalue weighted by atomic mass is 16.7. The van der Waals surface area contributed by atoms with Crippen molar-refractivity contribution in [3.05, 3.63) is 17.0 Å². The molecule has 1 aromatic rings. The number of hydrogen-bond acceptors (Lipinski definition) is 4. The van der Waals surface area contributed by atoms with Gasteiger partial charge in [-0.25, -0.2) is 0 Å². The van der Waals surface area contributed by atoms with Crippen molar-refractivity contribution < 1.29 is 14.6 Å². The number of aromatic nitrogens is 2. The average Bonchev–Trinajstić information content (AvgIpc) is 2.78. The van der Waals surface area contributed by atoms with Gasteiger partial charge in [0.2, 0.25) is 5.79 Å². The van der Waals surface area contributed by atoms with Crippen LogP contribution >= 0.6 is 0 Å². The Morgan fingerprint density at radius 1 is 1.47 bits per heavy atom. The smallest absolute Gasteiger partial charge is 0.201 e. The summed E-state index contributed by atoms with van der Waals surface area (Å²) < 4.78 is 13.0. The van der Waals surface area contributed by atoms with E-state index in [0.29, 0.717) is 19.6 Å². The SMILES string of the molecule is Cc1nn(C)c2c1C1(CC2O)OCCO1. The molecule has 1 saturated heterocycles. The first kappa shape index (κ1) is 9.33. The molecule has 15 heavy (non-hydrogen) atoms. The highest BCUT2D eigenvalue weighted by Crippen LogP contribution is 2.49. The fourth-order valence-corrected chi connectivity index (χ4v) is 2.70. The zero-order valence-electron chi connectivity index (χ0n) is 8.86. The van der Waals surface area contributed by atoms with E-state index in [1.165, 1.54) is 0 Å². The van der Waals surface area contributed by atoms with E-state index in [4.69, 9.17) is 9.47 Å². The Morgan fingerprint density at radius 2 is 2.13 bits per heavy atom. The van der Waals surface area contributed by atoms with Crippen molar-refractivity contribution in [3.8, 4) is 0 Å². The molecule has 1 aliphatic heterocycles. The number of aryl methyl sites for hydroxylation is 2. The van der Waals surface area contributed by atoms with E-state index in [1.54, 1.807) is 4.68 Å². The van der Waals surface area contributed by atoms with Gasteiger partial charge in [0.15, 0.2) is 0 Å². The number of nitrogens with zero attached hydrogens (tertiary/aromatic N) is 2. The molecule has 0 amide bonds. The molecule has 0 radical (unpaired) electrons. The van der Waals surface area contributed by atoms with Crippen LogP contribution in [0.3, 0.4) is 0 Å². The van der Waals surface area contributed by atoms with Crippen molar-refractivity contribution in [2.24, 2.45) is 7.05 Å². The first-order chi connectivity index (χ1) is 7.14. The van der Waals surface area contributed by atoms with Crippen LogP contribution in [0.1, 0.15) is 29.5 Å². The van der Waals surface area contributed by atoms with Crippen LogP contribution in [0, 0.1) is 6.92 Å². The van der Waals surface area contributed by atoms with Gasteiger partial charge in [0, 0.05) is 13.5 Å². The van der Waals surface area contributed by atoms with Crippen molar-refractivity contribution >= 4 is 0 Å². The van der Waals surface area contributed by atoms with Gasteiger partial charge in [-0.15, -0.1) is 0 Å². The minimum Gasteiger partial charge on any atom is -0.387 e. The van der Waals surface area contributed by atoms with E-state index < -0.39 is 11.9 Å². The minimum absolute atomic E-state index is 0.481. The van der Waals surface area contributed by atoms with Gasteiger partial charge in [0.1, 0.15) is 6.10 Å². The molecule has 0 saturated carbocycles. The quantitative estimate of drug-likeness (QED) is 0.672. The molecule has 5 nitrogen and oxygen atoms in total. The molecule has 82 valence electrons. The first-order valence-corrected chi connectivity index (χ1v) is 5.14. The van der Waals surface area contributed by atoms with Gasteiger partial charge < -0.3 is 14.6 Å². The van der Waals surface area contributed by atoms with Crippen molar-refractivity contribution in [2.45, 2.75) is 25.2 Å². The first-order valence-electron chi connectivity index (χ1n) is 5.14. The molecule has 1 unspecified atom stereocenters. The zero-order valence-corrected chi connectivity index (χ0v) is 8.86. The van der Waals surface area contributed by atoms with Crippen LogP contribution in [0.2, 0.25) is 0 Å². The summed E-state index contributed by atoms with van der Waals surface area (Å²) >= 11 is 0. The Balaban J connectivity index is 2.20. The molecule has 3 rings (SSSR count). The fourth-order valence-electron chi connectivity index (χ4n) is 2.70. The van der Waals surface area contributed by atoms with Gasteiger partial charge in [-0.1, -0.05) is 0 Å². The molecule has 1 atom stereocenters. The summed E-state index contributed by atoms with van der Waals surface area (Å²) in [5.41, 5.74) is 2.63. The van der Waals surface area contributed by atoms with Crippen LogP contribution in [0.5, 0.6) is 0 Å². The molecule has 1 aliphatic carbocycles. The Morgan fingerprint density at radius 3 is 2.80 bits per heavy atom. The lowest BCUT2D eigenvalue weighted by atomic mass is 10.1. The Kier molecular flexibility index (Phi) is 1.75. The molecule has 5 heteroatoms. The predicted molar refractivity (Wildman–Crippen MR) is 51.1 cm³/mol. The third-order valence-electron chi connectivity index (χ3n) is 3.18. The second-order valence-electron chi connectivity index (χ2n) is 4.14. The largest absolute Gasteiger partial charge is 0.387 e. The minimum atomic E-state index is -0.729. The third kappa shape index (κ3) is 1.05. The molecule has 1 N–H and O–H groups in total. The molecule has 1 spiro atoms. The van der Waals surface area contributed by atoms with E-state index in [0.717, 1.165) is 17.0 Å². The maximum atomic E-state index is 9.98. The number of aliphatic hydroxyl groups excluding tert-OH is 1. The maximum absolute atomic E-state index is 9.98. The highest BCUT2D eigenvalue weighted by molar-refractivity contribution is 5.37. The number of rotatable bonds is 0. The molecule has 0 aromatic carbocycles. The topological polar surface area (TPSA) is 56.5 Å². The lowest BCUT2D eigenvalue weighted by Gasteiger charge is -2.22. The van der Waals surface area contributed by atoms with Gasteiger partial charge in [0.25, 0.3) is 0 Å². The van der Waals surface area contributed by atoms with E-state index in [-0.39, 0.29) is 0 Å². The van der Waals surface area contributed by atoms with Crippen LogP contribution in [0.4, 0.5) is 0 Å².